The summed E-state index contributed by atoms with van der Waals surface area (Å²) in [5, 5.41) is 5.62. The average Bonchev–Trinajstić information content (AvgIpc) is 3.49. The van der Waals surface area contributed by atoms with Crippen LogP contribution >= 0.6 is 0 Å². The van der Waals surface area contributed by atoms with Crippen LogP contribution in [0.1, 0.15) is 18.4 Å². The van der Waals surface area contributed by atoms with E-state index in [2.05, 4.69) is 32.2 Å². The molecule has 0 saturated heterocycles. The predicted molar refractivity (Wildman–Crippen MR) is 113 cm³/mol. The van der Waals surface area contributed by atoms with Gasteiger partial charge in [0.1, 0.15) is 6.26 Å². The van der Waals surface area contributed by atoms with Gasteiger partial charge < -0.3 is 14.6 Å². The fourth-order valence-electron chi connectivity index (χ4n) is 3.43. The maximum Gasteiger partial charge on any atom is 0.330 e. The number of nitrogens with zero attached hydrogens (tertiary/aromatic N) is 5. The smallest absolute Gasteiger partial charge is 0.330 e. The van der Waals surface area contributed by atoms with E-state index in [0.717, 1.165) is 18.4 Å². The number of anilines is 5. The van der Waals surface area contributed by atoms with Crippen molar-refractivity contribution in [1.29, 1.82) is 0 Å². The fraction of sp³-hybridized carbons (Fsp3) is 0.190. The van der Waals surface area contributed by atoms with E-state index < -0.39 is 0 Å². The summed E-state index contributed by atoms with van der Waals surface area (Å²) in [5.74, 6) is 0.398. The first kappa shape index (κ1) is 18.8. The summed E-state index contributed by atoms with van der Waals surface area (Å²) in [6.45, 7) is 3.91. The molecule has 3 heterocycles. The van der Waals surface area contributed by atoms with Crippen molar-refractivity contribution in [3.05, 3.63) is 61.1 Å². The Kier molecular flexibility index (Phi) is 4.58. The Labute approximate surface area is 177 Å². The second kappa shape index (κ2) is 7.56. The maximum absolute atomic E-state index is 13.4. The van der Waals surface area contributed by atoms with E-state index in [-0.39, 0.29) is 29.9 Å². The highest BCUT2D eigenvalue weighted by Crippen LogP contribution is 2.39. The summed E-state index contributed by atoms with van der Waals surface area (Å²) in [7, 11) is 0. The zero-order chi connectivity index (χ0) is 21.4. The standard InChI is InChI=1S/C21H19N7O3/c1-2-17(29)24-14-4-3-5-16(10-14)28-18-13(12-27(21(28)30)15-6-7-15)11-23-19(25-18)26-20-22-8-9-31-20/h2-5,8-11,15H,1,6-7,12H2,(H,24,29)(H,22,23,25,26). The third-order valence-electron chi connectivity index (χ3n) is 5.03. The number of hydrogen-bond acceptors (Lipinski definition) is 7. The monoisotopic (exact) mass is 417 g/mol. The topological polar surface area (TPSA) is 116 Å². The average molecular weight is 417 g/mol. The molecule has 5 rings (SSSR count). The maximum atomic E-state index is 13.4. The lowest BCUT2D eigenvalue weighted by atomic mass is 10.1. The van der Waals surface area contributed by atoms with Gasteiger partial charge in [0.25, 0.3) is 0 Å². The Morgan fingerprint density at radius 3 is 2.90 bits per heavy atom. The second-order valence-corrected chi connectivity index (χ2v) is 7.23. The number of hydrogen-bond donors (Lipinski definition) is 2. The van der Waals surface area contributed by atoms with Crippen molar-refractivity contribution in [3.63, 3.8) is 0 Å². The number of fused-ring (bicyclic) bond motifs is 1. The summed E-state index contributed by atoms with van der Waals surface area (Å²) >= 11 is 0. The third-order valence-corrected chi connectivity index (χ3v) is 5.03. The Balaban J connectivity index is 1.55. The molecular formula is C21H19N7O3. The first-order valence-corrected chi connectivity index (χ1v) is 9.79. The molecular weight excluding hydrogens is 398 g/mol. The fourth-order valence-corrected chi connectivity index (χ4v) is 3.43. The molecule has 3 aromatic rings. The molecule has 1 saturated carbocycles. The molecule has 0 unspecified atom stereocenters. The van der Waals surface area contributed by atoms with Gasteiger partial charge in [0.15, 0.2) is 5.82 Å². The zero-order valence-electron chi connectivity index (χ0n) is 16.5. The lowest BCUT2D eigenvalue weighted by Crippen LogP contribution is -2.46. The largest absolute Gasteiger partial charge is 0.432 e. The van der Waals surface area contributed by atoms with Crippen LogP contribution in [0.15, 0.2) is 60.0 Å². The Hall–Kier alpha value is -4.21. The minimum Gasteiger partial charge on any atom is -0.432 e. The molecule has 0 atom stereocenters. The highest BCUT2D eigenvalue weighted by molar-refractivity contribution is 6.03. The molecule has 1 aliphatic heterocycles. The van der Waals surface area contributed by atoms with E-state index in [1.54, 1.807) is 35.4 Å². The normalized spacial score (nSPS) is 15.4. The molecule has 0 spiro atoms. The van der Waals surface area contributed by atoms with Gasteiger partial charge in [-0.15, -0.1) is 0 Å². The van der Waals surface area contributed by atoms with Crippen LogP contribution in [0.2, 0.25) is 0 Å². The summed E-state index contributed by atoms with van der Waals surface area (Å²) < 4.78 is 5.19. The van der Waals surface area contributed by atoms with Crippen molar-refractivity contribution in [1.82, 2.24) is 19.9 Å². The number of benzene rings is 1. The molecule has 3 amide bonds. The summed E-state index contributed by atoms with van der Waals surface area (Å²) in [5.41, 5.74) is 1.96. The SMILES string of the molecule is C=CC(=O)Nc1cccc(N2C(=O)N(C3CC3)Cc3cnc(Nc4ncco4)nc32)c1. The lowest BCUT2D eigenvalue weighted by Gasteiger charge is -2.36. The van der Waals surface area contributed by atoms with Crippen molar-refractivity contribution >= 4 is 41.1 Å². The minimum atomic E-state index is -0.332. The molecule has 2 aliphatic rings. The summed E-state index contributed by atoms with van der Waals surface area (Å²) in [6.07, 6.45) is 7.80. The van der Waals surface area contributed by atoms with Crippen LogP contribution < -0.4 is 15.5 Å². The quantitative estimate of drug-likeness (QED) is 0.589. The van der Waals surface area contributed by atoms with Gasteiger partial charge in [0.05, 0.1) is 18.4 Å². The number of carbonyl (C=O) groups is 2. The van der Waals surface area contributed by atoms with Gasteiger partial charge in [-0.05, 0) is 37.1 Å². The number of carbonyl (C=O) groups excluding carboxylic acids is 2. The van der Waals surface area contributed by atoms with Crippen LogP contribution in [0.5, 0.6) is 0 Å². The number of nitrogens with one attached hydrogen (secondary N) is 2. The first-order chi connectivity index (χ1) is 15.1. The number of aromatic nitrogens is 3. The number of rotatable bonds is 6. The highest BCUT2D eigenvalue weighted by atomic mass is 16.4. The van der Waals surface area contributed by atoms with E-state index in [4.69, 9.17) is 4.42 Å². The van der Waals surface area contributed by atoms with Crippen LogP contribution in [0.25, 0.3) is 0 Å². The van der Waals surface area contributed by atoms with Gasteiger partial charge >= 0.3 is 12.0 Å². The predicted octanol–water partition coefficient (Wildman–Crippen LogP) is 3.57. The molecule has 2 N–H and O–H groups in total. The van der Waals surface area contributed by atoms with Crippen molar-refractivity contribution in [3.8, 4) is 0 Å². The molecule has 10 heteroatoms. The van der Waals surface area contributed by atoms with Crippen LogP contribution in [0.4, 0.5) is 34.0 Å². The Morgan fingerprint density at radius 1 is 1.29 bits per heavy atom. The molecule has 156 valence electrons. The van der Waals surface area contributed by atoms with Crippen LogP contribution in [0, 0.1) is 0 Å². The van der Waals surface area contributed by atoms with E-state index in [1.807, 2.05) is 4.90 Å². The van der Waals surface area contributed by atoms with Crippen molar-refractivity contribution in [2.24, 2.45) is 0 Å². The van der Waals surface area contributed by atoms with Gasteiger partial charge in [0.2, 0.25) is 11.9 Å². The van der Waals surface area contributed by atoms with Crippen molar-refractivity contribution in [2.45, 2.75) is 25.4 Å². The molecule has 0 bridgehead atoms. The number of urea groups is 1. The van der Waals surface area contributed by atoms with Crippen molar-refractivity contribution < 1.29 is 14.0 Å². The molecule has 1 fully saturated rings. The summed E-state index contributed by atoms with van der Waals surface area (Å²) in [4.78, 5) is 41.4. The molecule has 31 heavy (non-hydrogen) atoms. The highest BCUT2D eigenvalue weighted by Gasteiger charge is 2.41. The third kappa shape index (κ3) is 3.70. The first-order valence-electron chi connectivity index (χ1n) is 9.79. The van der Waals surface area contributed by atoms with Crippen LogP contribution in [-0.2, 0) is 11.3 Å². The molecule has 1 aliphatic carbocycles. The van der Waals surface area contributed by atoms with E-state index in [1.165, 1.54) is 18.5 Å². The Bertz CT molecular complexity index is 1160. The summed E-state index contributed by atoms with van der Waals surface area (Å²) in [6, 6.07) is 7.34. The zero-order valence-corrected chi connectivity index (χ0v) is 16.5. The van der Waals surface area contributed by atoms with Crippen molar-refractivity contribution in [2.75, 3.05) is 15.5 Å². The van der Waals surface area contributed by atoms with Gasteiger partial charge in [-0.25, -0.2) is 19.7 Å². The molecule has 10 nitrogen and oxygen atoms in total. The molecule has 1 aromatic carbocycles. The number of amides is 3. The Morgan fingerprint density at radius 2 is 2.16 bits per heavy atom. The van der Waals surface area contributed by atoms with E-state index >= 15 is 0 Å². The van der Waals surface area contributed by atoms with Crippen LogP contribution in [-0.4, -0.2) is 37.8 Å². The number of oxazole rings is 1. The second-order valence-electron chi connectivity index (χ2n) is 7.23. The van der Waals surface area contributed by atoms with Crippen LogP contribution in [0.3, 0.4) is 0 Å². The van der Waals surface area contributed by atoms with Gasteiger partial charge in [-0.2, -0.15) is 4.98 Å². The minimum absolute atomic E-state index is 0.164. The van der Waals surface area contributed by atoms with E-state index in [9.17, 15) is 9.59 Å². The van der Waals surface area contributed by atoms with E-state index in [0.29, 0.717) is 23.7 Å². The lowest BCUT2D eigenvalue weighted by molar-refractivity contribution is -0.111. The molecule has 2 aromatic heterocycles. The van der Waals surface area contributed by atoms with Gasteiger partial charge in [0, 0.05) is 23.5 Å². The van der Waals surface area contributed by atoms with Gasteiger partial charge in [-0.1, -0.05) is 12.6 Å². The van der Waals surface area contributed by atoms with Gasteiger partial charge in [-0.3, -0.25) is 10.1 Å². The molecule has 0 radical (unpaired) electrons.